The van der Waals surface area contributed by atoms with Crippen LogP contribution >= 0.6 is 23.2 Å². The van der Waals surface area contributed by atoms with E-state index in [-0.39, 0.29) is 18.4 Å². The SMILES string of the molecule is COc1c(Cl)cc(NCC(=O)N[C@](C)(C#N)C(C)C)cc1Cl. The third-order valence-corrected chi connectivity index (χ3v) is 4.00. The van der Waals surface area contributed by atoms with Crippen molar-refractivity contribution >= 4 is 34.8 Å². The van der Waals surface area contributed by atoms with Gasteiger partial charge in [0.2, 0.25) is 5.91 Å². The molecule has 0 saturated carbocycles. The van der Waals surface area contributed by atoms with Crippen molar-refractivity contribution in [3.05, 3.63) is 22.2 Å². The Morgan fingerprint density at radius 2 is 1.95 bits per heavy atom. The fraction of sp³-hybridized carbons (Fsp3) is 0.467. The zero-order valence-electron chi connectivity index (χ0n) is 13.0. The minimum Gasteiger partial charge on any atom is -0.494 e. The van der Waals surface area contributed by atoms with Gasteiger partial charge in [-0.1, -0.05) is 37.0 Å². The van der Waals surface area contributed by atoms with Gasteiger partial charge in [0, 0.05) is 5.69 Å². The van der Waals surface area contributed by atoms with Crippen molar-refractivity contribution in [3.63, 3.8) is 0 Å². The van der Waals surface area contributed by atoms with Crippen LogP contribution in [0.1, 0.15) is 20.8 Å². The van der Waals surface area contributed by atoms with E-state index >= 15 is 0 Å². The lowest BCUT2D eigenvalue weighted by molar-refractivity contribution is -0.121. The number of rotatable bonds is 6. The molecule has 1 amide bonds. The molecule has 0 radical (unpaired) electrons. The van der Waals surface area contributed by atoms with Crippen molar-refractivity contribution in [1.29, 1.82) is 5.26 Å². The molecule has 0 saturated heterocycles. The summed E-state index contributed by atoms with van der Waals surface area (Å²) in [6, 6.07) is 5.35. The summed E-state index contributed by atoms with van der Waals surface area (Å²) in [5.41, 5.74) is -0.317. The van der Waals surface area contributed by atoms with Crippen LogP contribution < -0.4 is 15.4 Å². The van der Waals surface area contributed by atoms with Crippen LogP contribution in [0.2, 0.25) is 10.0 Å². The molecule has 1 atom stereocenters. The van der Waals surface area contributed by atoms with E-state index < -0.39 is 5.54 Å². The predicted molar refractivity (Wildman–Crippen MR) is 88.5 cm³/mol. The number of carbonyl (C=O) groups excluding carboxylic acids is 1. The average molecular weight is 344 g/mol. The Kier molecular flexibility index (Phi) is 6.34. The quantitative estimate of drug-likeness (QED) is 0.829. The highest BCUT2D eigenvalue weighted by atomic mass is 35.5. The number of methoxy groups -OCH3 is 1. The number of halogens is 2. The van der Waals surface area contributed by atoms with Gasteiger partial charge in [0.15, 0.2) is 5.75 Å². The van der Waals surface area contributed by atoms with Crippen LogP contribution in [0.25, 0.3) is 0 Å². The molecule has 0 bridgehead atoms. The number of anilines is 1. The third-order valence-electron chi connectivity index (χ3n) is 3.44. The molecule has 22 heavy (non-hydrogen) atoms. The highest BCUT2D eigenvalue weighted by molar-refractivity contribution is 6.37. The normalized spacial score (nSPS) is 13.2. The molecule has 0 unspecified atom stereocenters. The predicted octanol–water partition coefficient (Wildman–Crippen LogP) is 3.47. The zero-order valence-corrected chi connectivity index (χ0v) is 14.5. The first-order valence-electron chi connectivity index (χ1n) is 6.72. The number of carbonyl (C=O) groups is 1. The lowest BCUT2D eigenvalue weighted by atomic mass is 9.90. The third kappa shape index (κ3) is 4.43. The maximum absolute atomic E-state index is 12.0. The smallest absolute Gasteiger partial charge is 0.240 e. The van der Waals surface area contributed by atoms with Gasteiger partial charge in [-0.05, 0) is 25.0 Å². The first-order valence-corrected chi connectivity index (χ1v) is 7.48. The Labute approximate surface area is 140 Å². The van der Waals surface area contributed by atoms with Gasteiger partial charge in [0.25, 0.3) is 0 Å². The summed E-state index contributed by atoms with van der Waals surface area (Å²) < 4.78 is 5.06. The van der Waals surface area contributed by atoms with Crippen molar-refractivity contribution in [2.24, 2.45) is 5.92 Å². The minimum atomic E-state index is -0.909. The first-order chi connectivity index (χ1) is 10.2. The van der Waals surface area contributed by atoms with Gasteiger partial charge >= 0.3 is 0 Å². The van der Waals surface area contributed by atoms with E-state index in [0.29, 0.717) is 21.5 Å². The molecule has 0 heterocycles. The van der Waals surface area contributed by atoms with E-state index in [2.05, 4.69) is 16.7 Å². The summed E-state index contributed by atoms with van der Waals surface area (Å²) >= 11 is 12.1. The molecule has 7 heteroatoms. The monoisotopic (exact) mass is 343 g/mol. The molecule has 120 valence electrons. The molecule has 0 fully saturated rings. The number of hydrogen-bond donors (Lipinski definition) is 2. The molecule has 2 N–H and O–H groups in total. The Morgan fingerprint density at radius 3 is 2.36 bits per heavy atom. The summed E-state index contributed by atoms with van der Waals surface area (Å²) in [7, 11) is 1.47. The topological polar surface area (TPSA) is 74.2 Å². The molecule has 0 aliphatic carbocycles. The zero-order chi connectivity index (χ0) is 16.9. The van der Waals surface area contributed by atoms with Crippen molar-refractivity contribution in [2.45, 2.75) is 26.3 Å². The van der Waals surface area contributed by atoms with Crippen LogP contribution in [0.4, 0.5) is 5.69 Å². The van der Waals surface area contributed by atoms with E-state index in [1.54, 1.807) is 19.1 Å². The van der Waals surface area contributed by atoms with Crippen LogP contribution in [-0.2, 0) is 4.79 Å². The van der Waals surface area contributed by atoms with Gasteiger partial charge in [0.05, 0.1) is 29.8 Å². The number of nitrogens with zero attached hydrogens (tertiary/aromatic N) is 1. The number of hydrogen-bond acceptors (Lipinski definition) is 4. The van der Waals surface area contributed by atoms with Crippen molar-refractivity contribution in [1.82, 2.24) is 5.32 Å². The summed E-state index contributed by atoms with van der Waals surface area (Å²) in [6.07, 6.45) is 0. The second kappa shape index (κ2) is 7.57. The summed E-state index contributed by atoms with van der Waals surface area (Å²) in [5, 5.41) is 15.5. The maximum Gasteiger partial charge on any atom is 0.240 e. The summed E-state index contributed by atoms with van der Waals surface area (Å²) in [4.78, 5) is 12.0. The average Bonchev–Trinajstić information content (AvgIpc) is 2.44. The maximum atomic E-state index is 12.0. The van der Waals surface area contributed by atoms with Crippen LogP contribution in [0, 0.1) is 17.2 Å². The highest BCUT2D eigenvalue weighted by Crippen LogP contribution is 2.35. The van der Waals surface area contributed by atoms with Crippen LogP contribution in [0.15, 0.2) is 12.1 Å². The molecule has 1 aromatic carbocycles. The standard InChI is InChI=1S/C15H19Cl2N3O2/c1-9(2)15(3,8-18)20-13(21)7-19-10-5-11(16)14(22-4)12(17)6-10/h5-6,9,19H,7H2,1-4H3,(H,20,21)/t15-/m1/s1. The van der Waals surface area contributed by atoms with E-state index in [4.69, 9.17) is 27.9 Å². The van der Waals surface area contributed by atoms with Gasteiger partial charge in [-0.3, -0.25) is 4.79 Å². The fourth-order valence-electron chi connectivity index (χ4n) is 1.67. The molecule has 0 aliphatic heterocycles. The molecular weight excluding hydrogens is 325 g/mol. The lowest BCUT2D eigenvalue weighted by Crippen LogP contribution is -2.50. The van der Waals surface area contributed by atoms with Gasteiger partial charge in [-0.25, -0.2) is 0 Å². The molecule has 0 spiro atoms. The van der Waals surface area contributed by atoms with Gasteiger partial charge in [0.1, 0.15) is 5.54 Å². The summed E-state index contributed by atoms with van der Waals surface area (Å²) in [6.45, 7) is 5.44. The number of nitriles is 1. The van der Waals surface area contributed by atoms with Gasteiger partial charge < -0.3 is 15.4 Å². The number of nitrogens with one attached hydrogen (secondary N) is 2. The van der Waals surface area contributed by atoms with Gasteiger partial charge in [-0.15, -0.1) is 0 Å². The molecule has 0 aliphatic rings. The van der Waals surface area contributed by atoms with Crippen LogP contribution in [0.5, 0.6) is 5.75 Å². The van der Waals surface area contributed by atoms with Crippen LogP contribution in [-0.4, -0.2) is 25.1 Å². The highest BCUT2D eigenvalue weighted by Gasteiger charge is 2.29. The fourth-order valence-corrected chi connectivity index (χ4v) is 2.32. The van der Waals surface area contributed by atoms with E-state index in [9.17, 15) is 10.1 Å². The van der Waals surface area contributed by atoms with Crippen molar-refractivity contribution in [2.75, 3.05) is 19.0 Å². The molecule has 1 rings (SSSR count). The Hall–Kier alpha value is -1.64. The first kappa shape index (κ1) is 18.4. The van der Waals surface area contributed by atoms with Gasteiger partial charge in [-0.2, -0.15) is 5.26 Å². The van der Waals surface area contributed by atoms with Crippen molar-refractivity contribution < 1.29 is 9.53 Å². The summed E-state index contributed by atoms with van der Waals surface area (Å²) in [5.74, 6) is 0.0855. The van der Waals surface area contributed by atoms with E-state index in [0.717, 1.165) is 0 Å². The number of amides is 1. The van der Waals surface area contributed by atoms with E-state index in [1.165, 1.54) is 7.11 Å². The lowest BCUT2D eigenvalue weighted by Gasteiger charge is -2.27. The molecular formula is C15H19Cl2N3O2. The Morgan fingerprint density at radius 1 is 1.41 bits per heavy atom. The van der Waals surface area contributed by atoms with Crippen LogP contribution in [0.3, 0.4) is 0 Å². The molecule has 1 aromatic rings. The largest absolute Gasteiger partial charge is 0.494 e. The second-order valence-corrected chi connectivity index (χ2v) is 6.16. The van der Waals surface area contributed by atoms with Crippen molar-refractivity contribution in [3.8, 4) is 11.8 Å². The van der Waals surface area contributed by atoms with E-state index in [1.807, 2.05) is 13.8 Å². The number of ether oxygens (including phenoxy) is 1. The molecule has 0 aromatic heterocycles. The number of benzene rings is 1. The Balaban J connectivity index is 2.71. The molecule has 5 nitrogen and oxygen atoms in total. The second-order valence-electron chi connectivity index (χ2n) is 5.34. The Bertz CT molecular complexity index is 576. The minimum absolute atomic E-state index is 0.00295.